The molecular formula is C14H29NO. The second kappa shape index (κ2) is 6.61. The van der Waals surface area contributed by atoms with E-state index in [9.17, 15) is 0 Å². The van der Waals surface area contributed by atoms with Crippen molar-refractivity contribution < 1.29 is 4.74 Å². The summed E-state index contributed by atoms with van der Waals surface area (Å²) >= 11 is 0. The Morgan fingerprint density at radius 3 is 2.31 bits per heavy atom. The second-order valence-corrected chi connectivity index (χ2v) is 5.86. The topological polar surface area (TPSA) is 21.3 Å². The minimum absolute atomic E-state index is 0.527. The lowest BCUT2D eigenvalue weighted by molar-refractivity contribution is 0.132. The van der Waals surface area contributed by atoms with E-state index in [0.717, 1.165) is 12.5 Å². The fraction of sp³-hybridized carbons (Fsp3) is 1.00. The number of hydrogen-bond acceptors (Lipinski definition) is 2. The zero-order valence-corrected chi connectivity index (χ0v) is 11.5. The summed E-state index contributed by atoms with van der Waals surface area (Å²) in [6.45, 7) is 8.96. The molecule has 0 bridgehead atoms. The van der Waals surface area contributed by atoms with Crippen LogP contribution in [0.25, 0.3) is 0 Å². The molecule has 0 aromatic carbocycles. The van der Waals surface area contributed by atoms with Crippen molar-refractivity contribution in [3.8, 4) is 0 Å². The van der Waals surface area contributed by atoms with Crippen LogP contribution in [0, 0.1) is 11.3 Å². The first kappa shape index (κ1) is 14.0. The lowest BCUT2D eigenvalue weighted by atomic mass is 9.82. The molecule has 16 heavy (non-hydrogen) atoms. The highest BCUT2D eigenvalue weighted by atomic mass is 16.5. The summed E-state index contributed by atoms with van der Waals surface area (Å²) in [4.78, 5) is 0. The molecule has 1 N–H and O–H groups in total. The van der Waals surface area contributed by atoms with Gasteiger partial charge in [-0.15, -0.1) is 0 Å². The maximum absolute atomic E-state index is 5.26. The van der Waals surface area contributed by atoms with Gasteiger partial charge in [-0.25, -0.2) is 0 Å². The molecule has 1 saturated carbocycles. The minimum Gasteiger partial charge on any atom is -0.385 e. The van der Waals surface area contributed by atoms with Crippen LogP contribution in [0.15, 0.2) is 0 Å². The summed E-state index contributed by atoms with van der Waals surface area (Å²) in [7, 11) is 1.81. The van der Waals surface area contributed by atoms with Gasteiger partial charge in [-0.3, -0.25) is 0 Å². The standard InChI is InChI=1S/C14H29NO/c1-12(2)13(3)15-11-14(9-10-16-4)7-5-6-8-14/h12-13,15H,5-11H2,1-4H3. The molecule has 1 fully saturated rings. The first-order valence-electron chi connectivity index (χ1n) is 6.82. The third-order valence-electron chi connectivity index (χ3n) is 4.30. The van der Waals surface area contributed by atoms with Crippen LogP contribution in [0.1, 0.15) is 52.9 Å². The maximum atomic E-state index is 5.26. The average Bonchev–Trinajstić information content (AvgIpc) is 2.72. The predicted octanol–water partition coefficient (Wildman–Crippen LogP) is 3.22. The van der Waals surface area contributed by atoms with Crippen molar-refractivity contribution in [2.75, 3.05) is 20.3 Å². The fourth-order valence-electron chi connectivity index (χ4n) is 2.57. The molecule has 0 aromatic heterocycles. The highest BCUT2D eigenvalue weighted by Crippen LogP contribution is 2.40. The van der Waals surface area contributed by atoms with Gasteiger partial charge < -0.3 is 10.1 Å². The van der Waals surface area contributed by atoms with Gasteiger partial charge >= 0.3 is 0 Å². The second-order valence-electron chi connectivity index (χ2n) is 5.86. The summed E-state index contributed by atoms with van der Waals surface area (Å²) in [5.41, 5.74) is 0.527. The third kappa shape index (κ3) is 4.06. The number of methoxy groups -OCH3 is 1. The first-order chi connectivity index (χ1) is 7.59. The molecule has 2 nitrogen and oxygen atoms in total. The summed E-state index contributed by atoms with van der Waals surface area (Å²) in [6, 6.07) is 0.625. The first-order valence-corrected chi connectivity index (χ1v) is 6.82. The van der Waals surface area contributed by atoms with Gasteiger partial charge in [-0.05, 0) is 37.5 Å². The molecule has 1 rings (SSSR count). The minimum atomic E-state index is 0.527. The normalized spacial score (nSPS) is 21.6. The summed E-state index contributed by atoms with van der Waals surface area (Å²) in [6.07, 6.45) is 6.80. The quantitative estimate of drug-likeness (QED) is 0.721. The van der Waals surface area contributed by atoms with Crippen molar-refractivity contribution in [2.24, 2.45) is 11.3 Å². The van der Waals surface area contributed by atoms with Crippen LogP contribution >= 0.6 is 0 Å². The molecule has 0 amide bonds. The van der Waals surface area contributed by atoms with Gasteiger partial charge in [0, 0.05) is 26.3 Å². The molecule has 2 heteroatoms. The van der Waals surface area contributed by atoms with Gasteiger partial charge in [-0.1, -0.05) is 26.7 Å². The van der Waals surface area contributed by atoms with E-state index in [-0.39, 0.29) is 0 Å². The highest BCUT2D eigenvalue weighted by Gasteiger charge is 2.33. The molecule has 96 valence electrons. The Bertz CT molecular complexity index is 185. The molecule has 0 radical (unpaired) electrons. The molecule has 0 aliphatic heterocycles. The van der Waals surface area contributed by atoms with Gasteiger partial charge in [0.1, 0.15) is 0 Å². The van der Waals surface area contributed by atoms with Gasteiger partial charge in [0.15, 0.2) is 0 Å². The number of hydrogen-bond donors (Lipinski definition) is 1. The Kier molecular flexibility index (Phi) is 5.77. The number of ether oxygens (including phenoxy) is 1. The van der Waals surface area contributed by atoms with Gasteiger partial charge in [-0.2, -0.15) is 0 Å². The molecule has 0 heterocycles. The van der Waals surface area contributed by atoms with E-state index in [4.69, 9.17) is 4.74 Å². The largest absolute Gasteiger partial charge is 0.385 e. The Morgan fingerprint density at radius 2 is 1.81 bits per heavy atom. The molecule has 1 aliphatic rings. The highest BCUT2D eigenvalue weighted by molar-refractivity contribution is 4.87. The molecule has 1 atom stereocenters. The lowest BCUT2D eigenvalue weighted by Gasteiger charge is -2.31. The molecule has 0 aromatic rings. The Labute approximate surface area is 101 Å². The van der Waals surface area contributed by atoms with E-state index >= 15 is 0 Å². The van der Waals surface area contributed by atoms with Crippen LogP contribution < -0.4 is 5.32 Å². The Balaban J connectivity index is 2.38. The molecule has 1 unspecified atom stereocenters. The zero-order chi connectivity index (χ0) is 12.0. The van der Waals surface area contributed by atoms with E-state index in [2.05, 4.69) is 26.1 Å². The van der Waals surface area contributed by atoms with Crippen molar-refractivity contribution in [2.45, 2.75) is 58.9 Å². The molecule has 0 saturated heterocycles. The average molecular weight is 227 g/mol. The van der Waals surface area contributed by atoms with Gasteiger partial charge in [0.25, 0.3) is 0 Å². The van der Waals surface area contributed by atoms with Crippen molar-refractivity contribution in [3.63, 3.8) is 0 Å². The van der Waals surface area contributed by atoms with Crippen LogP contribution in [-0.2, 0) is 4.74 Å². The van der Waals surface area contributed by atoms with Crippen molar-refractivity contribution in [1.29, 1.82) is 0 Å². The SMILES string of the molecule is COCCC1(CNC(C)C(C)C)CCCC1. The lowest BCUT2D eigenvalue weighted by Crippen LogP contribution is -2.40. The van der Waals surface area contributed by atoms with E-state index in [0.29, 0.717) is 11.5 Å². The van der Waals surface area contributed by atoms with Crippen LogP contribution in [0.3, 0.4) is 0 Å². The number of rotatable bonds is 7. The van der Waals surface area contributed by atoms with Crippen LogP contribution in [0.2, 0.25) is 0 Å². The van der Waals surface area contributed by atoms with E-state index in [1.807, 2.05) is 7.11 Å². The molecule has 0 spiro atoms. The fourth-order valence-corrected chi connectivity index (χ4v) is 2.57. The summed E-state index contributed by atoms with van der Waals surface area (Å²) in [5.74, 6) is 0.723. The van der Waals surface area contributed by atoms with Crippen LogP contribution in [-0.4, -0.2) is 26.3 Å². The maximum Gasteiger partial charge on any atom is 0.0468 e. The van der Waals surface area contributed by atoms with Gasteiger partial charge in [0.05, 0.1) is 0 Å². The Morgan fingerprint density at radius 1 is 1.19 bits per heavy atom. The smallest absolute Gasteiger partial charge is 0.0468 e. The van der Waals surface area contributed by atoms with Crippen LogP contribution in [0.5, 0.6) is 0 Å². The van der Waals surface area contributed by atoms with Crippen molar-refractivity contribution >= 4 is 0 Å². The monoisotopic (exact) mass is 227 g/mol. The van der Waals surface area contributed by atoms with E-state index in [1.54, 1.807) is 0 Å². The molecule has 1 aliphatic carbocycles. The van der Waals surface area contributed by atoms with E-state index < -0.39 is 0 Å². The zero-order valence-electron chi connectivity index (χ0n) is 11.5. The summed E-state index contributed by atoms with van der Waals surface area (Å²) < 4.78 is 5.26. The third-order valence-corrected chi connectivity index (χ3v) is 4.30. The summed E-state index contributed by atoms with van der Waals surface area (Å²) in [5, 5.41) is 3.72. The van der Waals surface area contributed by atoms with E-state index in [1.165, 1.54) is 38.6 Å². The van der Waals surface area contributed by atoms with Crippen molar-refractivity contribution in [1.82, 2.24) is 5.32 Å². The van der Waals surface area contributed by atoms with Crippen LogP contribution in [0.4, 0.5) is 0 Å². The van der Waals surface area contributed by atoms with Gasteiger partial charge in [0.2, 0.25) is 0 Å². The Hall–Kier alpha value is -0.0800. The van der Waals surface area contributed by atoms with Crippen molar-refractivity contribution in [3.05, 3.63) is 0 Å². The number of nitrogens with one attached hydrogen (secondary N) is 1. The molecular weight excluding hydrogens is 198 g/mol. The predicted molar refractivity (Wildman–Crippen MR) is 69.7 cm³/mol.